The van der Waals surface area contributed by atoms with Gasteiger partial charge in [0, 0.05) is 18.3 Å². The molecule has 3 rings (SSSR count). The summed E-state index contributed by atoms with van der Waals surface area (Å²) in [6, 6.07) is 6.35. The first kappa shape index (κ1) is 20.1. The molecule has 10 heteroatoms. The van der Waals surface area contributed by atoms with Gasteiger partial charge in [0.25, 0.3) is 0 Å². The highest BCUT2D eigenvalue weighted by Gasteiger charge is 2.19. The van der Waals surface area contributed by atoms with Crippen molar-refractivity contribution in [2.75, 3.05) is 11.9 Å². The third kappa shape index (κ3) is 5.18. The molecule has 29 heavy (non-hydrogen) atoms. The van der Waals surface area contributed by atoms with Gasteiger partial charge in [0.2, 0.25) is 11.8 Å². The van der Waals surface area contributed by atoms with Gasteiger partial charge in [0.05, 0.1) is 12.0 Å². The molecule has 0 atom stereocenters. The highest BCUT2D eigenvalue weighted by atomic mass is 16.6. The minimum absolute atomic E-state index is 0.0297. The fourth-order valence-electron chi connectivity index (χ4n) is 2.30. The number of fused-ring (bicyclic) bond motifs is 1. The average Bonchev–Trinajstić information content (AvgIpc) is 3.04. The maximum Gasteiger partial charge on any atom is 0.414 e. The number of anilines is 1. The first-order valence-corrected chi connectivity index (χ1v) is 8.82. The summed E-state index contributed by atoms with van der Waals surface area (Å²) in [4.78, 5) is 31.8. The number of carbonyl (C=O) groups excluding carboxylic acids is 2. The zero-order valence-corrected chi connectivity index (χ0v) is 16.4. The molecule has 0 unspecified atom stereocenters. The lowest BCUT2D eigenvalue weighted by Crippen LogP contribution is -2.27. The molecule has 152 valence electrons. The van der Waals surface area contributed by atoms with Crippen LogP contribution >= 0.6 is 0 Å². The van der Waals surface area contributed by atoms with E-state index in [1.54, 1.807) is 45.9 Å². The number of rotatable bonds is 5. The van der Waals surface area contributed by atoms with Gasteiger partial charge >= 0.3 is 12.1 Å². The zero-order valence-electron chi connectivity index (χ0n) is 16.4. The van der Waals surface area contributed by atoms with E-state index in [2.05, 4.69) is 20.4 Å². The van der Waals surface area contributed by atoms with Crippen molar-refractivity contribution in [3.05, 3.63) is 36.2 Å². The summed E-state index contributed by atoms with van der Waals surface area (Å²) < 4.78 is 21.0. The monoisotopic (exact) mass is 400 g/mol. The van der Waals surface area contributed by atoms with Gasteiger partial charge in [-0.15, -0.1) is 0 Å². The molecule has 3 aromatic rings. The van der Waals surface area contributed by atoms with Crippen LogP contribution < -0.4 is 10.1 Å². The summed E-state index contributed by atoms with van der Waals surface area (Å²) in [7, 11) is 0. The summed E-state index contributed by atoms with van der Waals surface area (Å²) in [5, 5.41) is 6.69. The minimum atomic E-state index is -0.677. The van der Waals surface area contributed by atoms with E-state index in [1.807, 2.05) is 0 Å². The van der Waals surface area contributed by atoms with Crippen LogP contribution in [0.5, 0.6) is 11.6 Å². The van der Waals surface area contributed by atoms with Gasteiger partial charge < -0.3 is 18.7 Å². The Balaban J connectivity index is 1.74. The van der Waals surface area contributed by atoms with Crippen LogP contribution in [0.25, 0.3) is 11.0 Å². The normalized spacial score (nSPS) is 11.2. The summed E-state index contributed by atoms with van der Waals surface area (Å²) in [5.74, 6) is 0.0529. The zero-order chi connectivity index (χ0) is 21.0. The van der Waals surface area contributed by atoms with Crippen LogP contribution in [-0.2, 0) is 9.47 Å². The molecule has 0 saturated heterocycles. The molecule has 2 aromatic heterocycles. The first-order chi connectivity index (χ1) is 13.7. The van der Waals surface area contributed by atoms with E-state index >= 15 is 0 Å². The Morgan fingerprint density at radius 1 is 1.21 bits per heavy atom. The Morgan fingerprint density at radius 3 is 2.72 bits per heavy atom. The average molecular weight is 400 g/mol. The lowest BCUT2D eigenvalue weighted by atomic mass is 10.2. The molecular weight excluding hydrogens is 380 g/mol. The lowest BCUT2D eigenvalue weighted by molar-refractivity contribution is 0.0516. The number of hydrogen-bond acceptors (Lipinski definition) is 9. The highest BCUT2D eigenvalue weighted by molar-refractivity contribution is 6.01. The predicted molar refractivity (Wildman–Crippen MR) is 102 cm³/mol. The molecule has 0 aliphatic carbocycles. The van der Waals surface area contributed by atoms with Crippen molar-refractivity contribution in [1.82, 2.24) is 15.1 Å². The quantitative estimate of drug-likeness (QED) is 0.634. The smallest absolute Gasteiger partial charge is 0.414 e. The van der Waals surface area contributed by atoms with Crippen LogP contribution in [-0.4, -0.2) is 39.4 Å². The molecule has 1 aromatic carbocycles. The molecule has 0 aliphatic rings. The Hall–Kier alpha value is -3.69. The second-order valence-corrected chi connectivity index (χ2v) is 6.86. The van der Waals surface area contributed by atoms with Crippen molar-refractivity contribution in [1.29, 1.82) is 0 Å². The van der Waals surface area contributed by atoms with Gasteiger partial charge in [-0.2, -0.15) is 4.98 Å². The molecule has 0 aliphatic heterocycles. The standard InChI is InChI=1S/C19H20N4O6/c1-5-26-16(24)15-12-7-6-11(10-13(12)29-23-15)27-14-8-9-20-17(21-14)22-18(25)28-19(2,3)4/h6-10H,5H2,1-4H3,(H,20,21,22,25). The summed E-state index contributed by atoms with van der Waals surface area (Å²) in [6.45, 7) is 7.20. The molecule has 1 amide bonds. The van der Waals surface area contributed by atoms with Crippen LogP contribution in [0.3, 0.4) is 0 Å². The topological polar surface area (TPSA) is 126 Å². The molecule has 2 heterocycles. The Kier molecular flexibility index (Phi) is 5.62. The van der Waals surface area contributed by atoms with Crippen molar-refractivity contribution >= 4 is 29.0 Å². The SMILES string of the molecule is CCOC(=O)c1noc2cc(Oc3ccnc(NC(=O)OC(C)(C)C)n3)ccc12. The molecule has 0 bridgehead atoms. The Morgan fingerprint density at radius 2 is 2.00 bits per heavy atom. The number of ether oxygens (including phenoxy) is 3. The second kappa shape index (κ2) is 8.13. The number of benzene rings is 1. The number of nitrogens with zero attached hydrogens (tertiary/aromatic N) is 3. The molecule has 0 fully saturated rings. The Labute approximate surface area is 166 Å². The van der Waals surface area contributed by atoms with Crippen molar-refractivity contribution < 1.29 is 28.3 Å². The summed E-state index contributed by atoms with van der Waals surface area (Å²) >= 11 is 0. The van der Waals surface area contributed by atoms with E-state index in [9.17, 15) is 9.59 Å². The van der Waals surface area contributed by atoms with Gasteiger partial charge in [0.1, 0.15) is 11.4 Å². The minimum Gasteiger partial charge on any atom is -0.461 e. The molecule has 0 saturated carbocycles. The maximum atomic E-state index is 11.9. The predicted octanol–water partition coefficient (Wildman–Crippen LogP) is 3.93. The Bertz CT molecular complexity index is 1040. The van der Waals surface area contributed by atoms with E-state index < -0.39 is 17.7 Å². The third-order valence-electron chi connectivity index (χ3n) is 3.38. The van der Waals surface area contributed by atoms with E-state index in [1.165, 1.54) is 12.3 Å². The molecule has 0 radical (unpaired) electrons. The fourth-order valence-corrected chi connectivity index (χ4v) is 2.30. The number of hydrogen-bond donors (Lipinski definition) is 1. The number of esters is 1. The molecule has 1 N–H and O–H groups in total. The van der Waals surface area contributed by atoms with Crippen LogP contribution in [0, 0.1) is 0 Å². The third-order valence-corrected chi connectivity index (χ3v) is 3.38. The second-order valence-electron chi connectivity index (χ2n) is 6.86. The van der Waals surface area contributed by atoms with Gasteiger partial charge in [-0.1, -0.05) is 5.16 Å². The van der Waals surface area contributed by atoms with E-state index in [4.69, 9.17) is 18.7 Å². The summed E-state index contributed by atoms with van der Waals surface area (Å²) in [5.41, 5.74) is -0.196. The first-order valence-electron chi connectivity index (χ1n) is 8.82. The van der Waals surface area contributed by atoms with Crippen LogP contribution in [0.4, 0.5) is 10.7 Å². The van der Waals surface area contributed by atoms with Crippen LogP contribution in [0.1, 0.15) is 38.2 Å². The molecular formula is C19H20N4O6. The van der Waals surface area contributed by atoms with Crippen molar-refractivity contribution in [2.45, 2.75) is 33.3 Å². The number of carbonyl (C=O) groups is 2. The number of amides is 1. The molecule has 0 spiro atoms. The van der Waals surface area contributed by atoms with Gasteiger partial charge in [-0.05, 0) is 39.8 Å². The van der Waals surface area contributed by atoms with Gasteiger partial charge in [0.15, 0.2) is 11.3 Å². The number of aromatic nitrogens is 3. The molecule has 10 nitrogen and oxygen atoms in total. The maximum absolute atomic E-state index is 11.9. The van der Waals surface area contributed by atoms with E-state index in [-0.39, 0.29) is 24.1 Å². The largest absolute Gasteiger partial charge is 0.461 e. The van der Waals surface area contributed by atoms with Crippen LogP contribution in [0.2, 0.25) is 0 Å². The summed E-state index contributed by atoms with van der Waals surface area (Å²) in [6.07, 6.45) is 0.755. The number of nitrogens with one attached hydrogen (secondary N) is 1. The lowest BCUT2D eigenvalue weighted by Gasteiger charge is -2.19. The van der Waals surface area contributed by atoms with E-state index in [0.717, 1.165) is 0 Å². The van der Waals surface area contributed by atoms with Gasteiger partial charge in [-0.25, -0.2) is 14.6 Å². The highest BCUT2D eigenvalue weighted by Crippen LogP contribution is 2.27. The van der Waals surface area contributed by atoms with Crippen molar-refractivity contribution in [3.63, 3.8) is 0 Å². The van der Waals surface area contributed by atoms with Gasteiger partial charge in [-0.3, -0.25) is 5.32 Å². The fraction of sp³-hybridized carbons (Fsp3) is 0.316. The van der Waals surface area contributed by atoms with Crippen LogP contribution in [0.15, 0.2) is 35.0 Å². The van der Waals surface area contributed by atoms with E-state index in [0.29, 0.717) is 16.7 Å². The van der Waals surface area contributed by atoms with Crippen molar-refractivity contribution in [3.8, 4) is 11.6 Å². The van der Waals surface area contributed by atoms with Crippen molar-refractivity contribution in [2.24, 2.45) is 0 Å².